The molecule has 0 radical (unpaired) electrons. The van der Waals surface area contributed by atoms with Gasteiger partial charge in [0.15, 0.2) is 0 Å². The number of hydrogen-bond acceptors (Lipinski definition) is 3. The van der Waals surface area contributed by atoms with Gasteiger partial charge in [0.25, 0.3) is 0 Å². The normalized spacial score (nSPS) is 12.0. The van der Waals surface area contributed by atoms with Crippen LogP contribution in [0, 0.1) is 5.92 Å². The number of nitrogens with zero attached hydrogens (tertiary/aromatic N) is 1. The largest absolute Gasteiger partial charge is 0.494 e. The molecule has 0 aliphatic rings. The highest BCUT2D eigenvalue weighted by Crippen LogP contribution is 2.23. The van der Waals surface area contributed by atoms with Gasteiger partial charge in [-0.2, -0.15) is 0 Å². The fourth-order valence-electron chi connectivity index (χ4n) is 2.86. The zero-order chi connectivity index (χ0) is 19.3. The molecule has 2 rings (SSSR count). The van der Waals surface area contributed by atoms with Crippen LogP contribution in [0.15, 0.2) is 42.6 Å². The van der Waals surface area contributed by atoms with Crippen LogP contribution in [0.5, 0.6) is 11.5 Å². The van der Waals surface area contributed by atoms with Crippen molar-refractivity contribution in [2.75, 3.05) is 13.2 Å². The second kappa shape index (κ2) is 12.4. The van der Waals surface area contributed by atoms with Crippen molar-refractivity contribution in [2.45, 2.75) is 65.7 Å². The summed E-state index contributed by atoms with van der Waals surface area (Å²) in [4.78, 5) is 4.51. The van der Waals surface area contributed by atoms with Crippen LogP contribution in [-0.2, 0) is 0 Å². The molecule has 0 aliphatic carbocycles. The summed E-state index contributed by atoms with van der Waals surface area (Å²) >= 11 is 0. The summed E-state index contributed by atoms with van der Waals surface area (Å²) in [5.74, 6) is 2.62. The van der Waals surface area contributed by atoms with Crippen LogP contribution in [0.25, 0.3) is 11.3 Å². The maximum absolute atomic E-state index is 5.86. The van der Waals surface area contributed by atoms with Crippen LogP contribution < -0.4 is 9.47 Å². The van der Waals surface area contributed by atoms with Gasteiger partial charge in [0.05, 0.1) is 25.1 Å². The van der Waals surface area contributed by atoms with Gasteiger partial charge in [0, 0.05) is 5.56 Å². The lowest BCUT2D eigenvalue weighted by Gasteiger charge is -2.09. The lowest BCUT2D eigenvalue weighted by molar-refractivity contribution is 0.302. The van der Waals surface area contributed by atoms with Gasteiger partial charge in [-0.1, -0.05) is 52.9 Å². The number of hydrogen-bond donors (Lipinski definition) is 0. The van der Waals surface area contributed by atoms with Crippen molar-refractivity contribution in [1.82, 2.24) is 4.98 Å². The summed E-state index contributed by atoms with van der Waals surface area (Å²) in [5, 5.41) is 0. The van der Waals surface area contributed by atoms with Crippen molar-refractivity contribution < 1.29 is 9.47 Å². The topological polar surface area (TPSA) is 31.4 Å². The predicted octanol–water partition coefficient (Wildman–Crippen LogP) is 6.91. The highest BCUT2D eigenvalue weighted by atomic mass is 16.5. The Morgan fingerprint density at radius 1 is 0.815 bits per heavy atom. The molecule has 0 spiro atoms. The number of benzene rings is 1. The van der Waals surface area contributed by atoms with E-state index in [-0.39, 0.29) is 0 Å². The summed E-state index contributed by atoms with van der Waals surface area (Å²) in [6.07, 6.45) is 10.3. The third-order valence-corrected chi connectivity index (χ3v) is 4.96. The molecule has 0 amide bonds. The Kier molecular flexibility index (Phi) is 9.75. The first-order chi connectivity index (χ1) is 13.2. The summed E-state index contributed by atoms with van der Waals surface area (Å²) < 4.78 is 11.5. The molecule has 2 aromatic rings. The van der Waals surface area contributed by atoms with Crippen molar-refractivity contribution in [3.63, 3.8) is 0 Å². The van der Waals surface area contributed by atoms with E-state index in [2.05, 4.69) is 37.9 Å². The van der Waals surface area contributed by atoms with Gasteiger partial charge < -0.3 is 9.47 Å². The van der Waals surface area contributed by atoms with E-state index < -0.39 is 0 Å². The molecule has 148 valence electrons. The number of ether oxygens (including phenoxy) is 2. The monoisotopic (exact) mass is 369 g/mol. The second-order valence-corrected chi connectivity index (χ2v) is 7.32. The number of unbranched alkanes of at least 4 members (excludes halogenated alkanes) is 3. The Morgan fingerprint density at radius 3 is 2.19 bits per heavy atom. The Morgan fingerprint density at radius 2 is 1.52 bits per heavy atom. The van der Waals surface area contributed by atoms with Gasteiger partial charge >= 0.3 is 0 Å². The Hall–Kier alpha value is -2.03. The zero-order valence-corrected chi connectivity index (χ0v) is 17.2. The van der Waals surface area contributed by atoms with Crippen molar-refractivity contribution >= 4 is 0 Å². The average Bonchev–Trinajstić information content (AvgIpc) is 2.71. The molecule has 1 heterocycles. The quantitative estimate of drug-likeness (QED) is 0.359. The fourth-order valence-corrected chi connectivity index (χ4v) is 2.86. The van der Waals surface area contributed by atoms with E-state index in [1.165, 1.54) is 25.7 Å². The smallest absolute Gasteiger partial charge is 0.137 e. The van der Waals surface area contributed by atoms with E-state index >= 15 is 0 Å². The fraction of sp³-hybridized carbons (Fsp3) is 0.542. The van der Waals surface area contributed by atoms with Crippen LogP contribution in [0.4, 0.5) is 0 Å². The maximum atomic E-state index is 5.86. The van der Waals surface area contributed by atoms with E-state index in [1.807, 2.05) is 24.3 Å². The predicted molar refractivity (Wildman–Crippen MR) is 113 cm³/mol. The van der Waals surface area contributed by atoms with E-state index in [4.69, 9.17) is 9.47 Å². The SMILES string of the molecule is CCCCOc1ccc(-c2ccc(OCCCCCC(C)CC)cc2)nc1. The van der Waals surface area contributed by atoms with Crippen LogP contribution in [-0.4, -0.2) is 18.2 Å². The van der Waals surface area contributed by atoms with Crippen LogP contribution in [0.3, 0.4) is 0 Å². The molecule has 0 bridgehead atoms. The number of aromatic nitrogens is 1. The Labute approximate surface area is 165 Å². The molecule has 1 unspecified atom stereocenters. The lowest BCUT2D eigenvalue weighted by Crippen LogP contribution is -1.98. The average molecular weight is 370 g/mol. The molecule has 0 saturated heterocycles. The first-order valence-electron chi connectivity index (χ1n) is 10.5. The van der Waals surface area contributed by atoms with Crippen LogP contribution in [0.2, 0.25) is 0 Å². The van der Waals surface area contributed by atoms with E-state index in [9.17, 15) is 0 Å². The van der Waals surface area contributed by atoms with E-state index in [1.54, 1.807) is 6.20 Å². The van der Waals surface area contributed by atoms with Gasteiger partial charge in [0.2, 0.25) is 0 Å². The first kappa shape index (κ1) is 21.3. The van der Waals surface area contributed by atoms with Gasteiger partial charge in [-0.3, -0.25) is 4.98 Å². The molecule has 1 aromatic heterocycles. The Balaban J connectivity index is 1.73. The minimum atomic E-state index is 0.751. The molecule has 1 aromatic carbocycles. The Bertz CT molecular complexity index is 622. The third-order valence-electron chi connectivity index (χ3n) is 4.96. The molecular formula is C24H35NO2. The van der Waals surface area contributed by atoms with Crippen molar-refractivity contribution in [1.29, 1.82) is 0 Å². The first-order valence-corrected chi connectivity index (χ1v) is 10.5. The molecule has 0 saturated carbocycles. The minimum Gasteiger partial charge on any atom is -0.494 e. The van der Waals surface area contributed by atoms with Gasteiger partial charge in [-0.05, 0) is 55.2 Å². The van der Waals surface area contributed by atoms with Gasteiger partial charge in [-0.25, -0.2) is 0 Å². The molecule has 0 N–H and O–H groups in total. The van der Waals surface area contributed by atoms with E-state index in [0.717, 1.165) is 61.2 Å². The van der Waals surface area contributed by atoms with Crippen molar-refractivity contribution in [2.24, 2.45) is 5.92 Å². The molecule has 0 fully saturated rings. The standard InChI is InChI=1S/C24H35NO2/c1-4-6-17-27-23-15-16-24(25-19-23)21-11-13-22(14-12-21)26-18-9-7-8-10-20(3)5-2/h11-16,19-20H,4-10,17-18H2,1-3H3. The number of pyridine rings is 1. The molecule has 1 atom stereocenters. The minimum absolute atomic E-state index is 0.751. The van der Waals surface area contributed by atoms with Crippen molar-refractivity contribution in [3.05, 3.63) is 42.6 Å². The van der Waals surface area contributed by atoms with E-state index in [0.29, 0.717) is 0 Å². The molecule has 27 heavy (non-hydrogen) atoms. The highest BCUT2D eigenvalue weighted by molar-refractivity contribution is 5.60. The maximum Gasteiger partial charge on any atom is 0.137 e. The summed E-state index contributed by atoms with van der Waals surface area (Å²) in [7, 11) is 0. The summed E-state index contributed by atoms with van der Waals surface area (Å²) in [6.45, 7) is 8.30. The molecule has 3 heteroatoms. The van der Waals surface area contributed by atoms with Crippen molar-refractivity contribution in [3.8, 4) is 22.8 Å². The summed E-state index contributed by atoms with van der Waals surface area (Å²) in [5.41, 5.74) is 2.05. The van der Waals surface area contributed by atoms with Crippen LogP contribution >= 0.6 is 0 Å². The molecule has 3 nitrogen and oxygen atoms in total. The van der Waals surface area contributed by atoms with Crippen LogP contribution in [0.1, 0.15) is 65.7 Å². The third kappa shape index (κ3) is 8.03. The zero-order valence-electron chi connectivity index (χ0n) is 17.2. The summed E-state index contributed by atoms with van der Waals surface area (Å²) in [6, 6.07) is 12.2. The second-order valence-electron chi connectivity index (χ2n) is 7.32. The van der Waals surface area contributed by atoms with Gasteiger partial charge in [0.1, 0.15) is 11.5 Å². The lowest BCUT2D eigenvalue weighted by atomic mass is 10.0. The van der Waals surface area contributed by atoms with Gasteiger partial charge in [-0.15, -0.1) is 0 Å². The highest BCUT2D eigenvalue weighted by Gasteiger charge is 2.02. The molecule has 0 aliphatic heterocycles. The number of rotatable bonds is 13. The molecular weight excluding hydrogens is 334 g/mol.